The molecule has 0 atom stereocenters. The summed E-state index contributed by atoms with van der Waals surface area (Å²) < 4.78 is 5.45. The minimum absolute atomic E-state index is 0.880. The van der Waals surface area contributed by atoms with Crippen LogP contribution in [0.5, 0.6) is 5.75 Å². The van der Waals surface area contributed by atoms with Gasteiger partial charge in [0.25, 0.3) is 0 Å². The number of likely N-dealkylation sites (N-methyl/N-ethyl adjacent to an activating group) is 1. The van der Waals surface area contributed by atoms with Crippen LogP contribution in [0.15, 0.2) is 18.2 Å². The zero-order valence-electron chi connectivity index (χ0n) is 13.6. The van der Waals surface area contributed by atoms with Crippen LogP contribution in [0.2, 0.25) is 0 Å². The summed E-state index contributed by atoms with van der Waals surface area (Å²) in [4.78, 5) is 4.49. The molecule has 0 heterocycles. The molecule has 0 radical (unpaired) electrons. The Balaban J connectivity index is 2.48. The molecule has 0 aliphatic heterocycles. The van der Waals surface area contributed by atoms with Crippen molar-refractivity contribution in [2.45, 2.75) is 20.4 Å². The van der Waals surface area contributed by atoms with Gasteiger partial charge in [-0.2, -0.15) is 0 Å². The molecule has 1 rings (SSSR count). The summed E-state index contributed by atoms with van der Waals surface area (Å²) in [5.74, 6) is 0.929. The van der Waals surface area contributed by atoms with Gasteiger partial charge in [-0.05, 0) is 30.8 Å². The van der Waals surface area contributed by atoms with Gasteiger partial charge in [0, 0.05) is 33.7 Å². The number of hydrogen-bond donors (Lipinski definition) is 1. The highest BCUT2D eigenvalue weighted by Crippen LogP contribution is 2.27. The number of anilines is 1. The molecular weight excluding hydrogens is 250 g/mol. The number of nitrogens with one attached hydrogen (secondary N) is 1. The van der Waals surface area contributed by atoms with Gasteiger partial charge in [-0.3, -0.25) is 0 Å². The van der Waals surface area contributed by atoms with Crippen LogP contribution in [0.1, 0.15) is 19.4 Å². The summed E-state index contributed by atoms with van der Waals surface area (Å²) in [6, 6.07) is 6.38. The highest BCUT2D eigenvalue weighted by Gasteiger charge is 2.06. The topological polar surface area (TPSA) is 27.7 Å². The van der Waals surface area contributed by atoms with Gasteiger partial charge >= 0.3 is 0 Å². The smallest absolute Gasteiger partial charge is 0.142 e. The number of rotatable bonds is 9. The summed E-state index contributed by atoms with van der Waals surface area (Å²) in [5, 5.41) is 3.49. The van der Waals surface area contributed by atoms with Crippen LogP contribution in [-0.4, -0.2) is 52.3 Å². The Kier molecular flexibility index (Phi) is 7.41. The molecule has 0 unspecified atom stereocenters. The molecule has 114 valence electrons. The lowest BCUT2D eigenvalue weighted by atomic mass is 10.1. The molecule has 4 nitrogen and oxygen atoms in total. The third kappa shape index (κ3) is 5.02. The normalized spacial score (nSPS) is 10.9. The maximum atomic E-state index is 5.45. The first-order valence-electron chi connectivity index (χ1n) is 7.39. The van der Waals surface area contributed by atoms with Crippen LogP contribution in [0, 0.1) is 0 Å². The average molecular weight is 279 g/mol. The maximum Gasteiger partial charge on any atom is 0.142 e. The molecule has 1 aromatic carbocycles. The molecule has 0 aromatic heterocycles. The standard InChI is InChI=1S/C16H29N3O/c1-6-19(7-2)11-10-17-13-14-8-9-15(18(3)4)16(12-14)20-5/h8-9,12,17H,6-7,10-11,13H2,1-5H3. The molecule has 0 aliphatic carbocycles. The summed E-state index contributed by atoms with van der Waals surface area (Å²) in [7, 11) is 5.78. The molecule has 0 saturated heterocycles. The number of benzene rings is 1. The van der Waals surface area contributed by atoms with Crippen molar-refractivity contribution in [2.75, 3.05) is 52.3 Å². The number of methoxy groups -OCH3 is 1. The van der Waals surface area contributed by atoms with E-state index >= 15 is 0 Å². The van der Waals surface area contributed by atoms with Crippen molar-refractivity contribution >= 4 is 5.69 Å². The molecule has 1 aromatic rings. The summed E-state index contributed by atoms with van der Waals surface area (Å²) in [6.45, 7) is 9.63. The quantitative estimate of drug-likeness (QED) is 0.701. The monoisotopic (exact) mass is 279 g/mol. The first-order chi connectivity index (χ1) is 9.62. The van der Waals surface area contributed by atoms with Gasteiger partial charge in [0.15, 0.2) is 0 Å². The Morgan fingerprint density at radius 2 is 1.85 bits per heavy atom. The van der Waals surface area contributed by atoms with Crippen LogP contribution >= 0.6 is 0 Å². The molecule has 0 amide bonds. The molecule has 0 aliphatic rings. The first-order valence-corrected chi connectivity index (χ1v) is 7.39. The van der Waals surface area contributed by atoms with Crippen LogP contribution < -0.4 is 15.0 Å². The van der Waals surface area contributed by atoms with Gasteiger partial charge in [-0.25, -0.2) is 0 Å². The van der Waals surface area contributed by atoms with Crippen molar-refractivity contribution in [1.29, 1.82) is 0 Å². The van der Waals surface area contributed by atoms with E-state index in [1.165, 1.54) is 5.56 Å². The number of hydrogen-bond acceptors (Lipinski definition) is 4. The van der Waals surface area contributed by atoms with Gasteiger partial charge in [0.2, 0.25) is 0 Å². The van der Waals surface area contributed by atoms with E-state index in [0.717, 1.165) is 44.2 Å². The number of nitrogens with zero attached hydrogens (tertiary/aromatic N) is 2. The highest BCUT2D eigenvalue weighted by atomic mass is 16.5. The fourth-order valence-corrected chi connectivity index (χ4v) is 2.21. The largest absolute Gasteiger partial charge is 0.495 e. The van der Waals surface area contributed by atoms with Gasteiger partial charge in [-0.1, -0.05) is 19.9 Å². The van der Waals surface area contributed by atoms with Crippen molar-refractivity contribution in [2.24, 2.45) is 0 Å². The SMILES string of the molecule is CCN(CC)CCNCc1ccc(N(C)C)c(OC)c1. The molecule has 0 spiro atoms. The zero-order chi connectivity index (χ0) is 15.0. The van der Waals surface area contributed by atoms with Crippen molar-refractivity contribution in [3.05, 3.63) is 23.8 Å². The van der Waals surface area contributed by atoms with Crippen molar-refractivity contribution in [1.82, 2.24) is 10.2 Å². The second-order valence-electron chi connectivity index (χ2n) is 5.10. The van der Waals surface area contributed by atoms with E-state index in [9.17, 15) is 0 Å². The first kappa shape index (κ1) is 16.8. The average Bonchev–Trinajstić information content (AvgIpc) is 2.47. The number of ether oxygens (including phenoxy) is 1. The van der Waals surface area contributed by atoms with E-state index in [1.54, 1.807) is 7.11 Å². The van der Waals surface area contributed by atoms with Gasteiger partial charge in [0.05, 0.1) is 12.8 Å². The molecule has 20 heavy (non-hydrogen) atoms. The minimum Gasteiger partial charge on any atom is -0.495 e. The summed E-state index contributed by atoms with van der Waals surface area (Å²) in [5.41, 5.74) is 2.37. The van der Waals surface area contributed by atoms with Crippen LogP contribution in [-0.2, 0) is 6.54 Å². The Bertz CT molecular complexity index is 389. The van der Waals surface area contributed by atoms with Gasteiger partial charge in [-0.15, -0.1) is 0 Å². The Morgan fingerprint density at radius 1 is 1.15 bits per heavy atom. The van der Waals surface area contributed by atoms with Crippen molar-refractivity contribution < 1.29 is 4.74 Å². The lowest BCUT2D eigenvalue weighted by Gasteiger charge is -2.19. The summed E-state index contributed by atoms with van der Waals surface area (Å²) >= 11 is 0. The third-order valence-corrected chi connectivity index (χ3v) is 3.55. The fourth-order valence-electron chi connectivity index (χ4n) is 2.21. The van der Waals surface area contributed by atoms with E-state index in [2.05, 4.69) is 47.2 Å². The van der Waals surface area contributed by atoms with E-state index in [1.807, 2.05) is 14.1 Å². The van der Waals surface area contributed by atoms with Crippen LogP contribution in [0.4, 0.5) is 5.69 Å². The van der Waals surface area contributed by atoms with Gasteiger partial charge in [0.1, 0.15) is 5.75 Å². The second-order valence-corrected chi connectivity index (χ2v) is 5.10. The predicted octanol–water partition coefficient (Wildman–Crippen LogP) is 2.19. The predicted molar refractivity (Wildman–Crippen MR) is 86.8 cm³/mol. The lowest BCUT2D eigenvalue weighted by Crippen LogP contribution is -2.31. The highest BCUT2D eigenvalue weighted by molar-refractivity contribution is 5.58. The van der Waals surface area contributed by atoms with E-state index < -0.39 is 0 Å². The van der Waals surface area contributed by atoms with E-state index in [0.29, 0.717) is 0 Å². The molecule has 0 saturated carbocycles. The van der Waals surface area contributed by atoms with Crippen LogP contribution in [0.25, 0.3) is 0 Å². The fraction of sp³-hybridized carbons (Fsp3) is 0.625. The van der Waals surface area contributed by atoms with Crippen molar-refractivity contribution in [3.63, 3.8) is 0 Å². The van der Waals surface area contributed by atoms with Crippen LogP contribution in [0.3, 0.4) is 0 Å². The molecule has 0 bridgehead atoms. The Labute approximate surface area is 123 Å². The summed E-state index contributed by atoms with van der Waals surface area (Å²) in [6.07, 6.45) is 0. The Morgan fingerprint density at radius 3 is 2.40 bits per heavy atom. The maximum absolute atomic E-state index is 5.45. The Hall–Kier alpha value is -1.26. The molecular formula is C16H29N3O. The van der Waals surface area contributed by atoms with Crippen molar-refractivity contribution in [3.8, 4) is 5.75 Å². The minimum atomic E-state index is 0.880. The third-order valence-electron chi connectivity index (χ3n) is 3.55. The molecule has 1 N–H and O–H groups in total. The molecule has 0 fully saturated rings. The zero-order valence-corrected chi connectivity index (χ0v) is 13.6. The van der Waals surface area contributed by atoms with Gasteiger partial charge < -0.3 is 19.9 Å². The second kappa shape index (κ2) is 8.82. The molecule has 4 heteroatoms. The van der Waals surface area contributed by atoms with E-state index in [-0.39, 0.29) is 0 Å². The van der Waals surface area contributed by atoms with E-state index in [4.69, 9.17) is 4.74 Å². The lowest BCUT2D eigenvalue weighted by molar-refractivity contribution is 0.302.